The minimum atomic E-state index is -0.496. The highest BCUT2D eigenvalue weighted by atomic mass is 19.1. The predicted molar refractivity (Wildman–Crippen MR) is 108 cm³/mol. The second-order valence-corrected chi connectivity index (χ2v) is 8.28. The van der Waals surface area contributed by atoms with Gasteiger partial charge < -0.3 is 15.0 Å². The predicted octanol–water partition coefficient (Wildman–Crippen LogP) is 3.64. The van der Waals surface area contributed by atoms with E-state index in [4.69, 9.17) is 9.72 Å². The molecule has 0 unspecified atom stereocenters. The average Bonchev–Trinajstić information content (AvgIpc) is 3.34. The van der Waals surface area contributed by atoms with E-state index in [1.807, 2.05) is 13.0 Å². The van der Waals surface area contributed by atoms with Crippen molar-refractivity contribution in [2.45, 2.75) is 50.6 Å². The molecule has 30 heavy (non-hydrogen) atoms. The molecular weight excluding hydrogens is 387 g/mol. The van der Waals surface area contributed by atoms with E-state index in [1.165, 1.54) is 18.5 Å². The number of rotatable bonds is 4. The third-order valence-corrected chi connectivity index (χ3v) is 6.04. The van der Waals surface area contributed by atoms with Crippen LogP contribution < -0.4 is 15.0 Å². The van der Waals surface area contributed by atoms with Crippen LogP contribution in [0.4, 0.5) is 15.0 Å². The summed E-state index contributed by atoms with van der Waals surface area (Å²) in [7, 11) is 0. The molecule has 0 spiro atoms. The van der Waals surface area contributed by atoms with Gasteiger partial charge in [0.25, 0.3) is 0 Å². The number of carbonyl (C=O) groups is 1. The number of hydrogen-bond acceptors (Lipinski definition) is 6. The smallest absolute Gasteiger partial charge is 0.405 e. The monoisotopic (exact) mass is 410 g/mol. The molecule has 5 rings (SSSR count). The highest BCUT2D eigenvalue weighted by molar-refractivity contribution is 5.74. The minimum Gasteiger partial charge on any atom is -0.405 e. The Balaban J connectivity index is 1.40. The molecule has 1 amide bonds. The fourth-order valence-electron chi connectivity index (χ4n) is 4.27. The largest absolute Gasteiger partial charge is 0.413 e. The van der Waals surface area contributed by atoms with Gasteiger partial charge in [0.2, 0.25) is 5.65 Å². The highest BCUT2D eigenvalue weighted by Crippen LogP contribution is 2.36. The van der Waals surface area contributed by atoms with Crippen LogP contribution in [0.15, 0.2) is 36.9 Å². The summed E-state index contributed by atoms with van der Waals surface area (Å²) in [6.45, 7) is 2.81. The number of carbonyl (C=O) groups excluding carboxylic acids is 1. The molecule has 1 saturated carbocycles. The lowest BCUT2D eigenvalue weighted by Crippen LogP contribution is -2.51. The van der Waals surface area contributed by atoms with Crippen LogP contribution in [-0.4, -0.2) is 37.8 Å². The number of hydrogen-bond donors (Lipinski definition) is 1. The Morgan fingerprint density at radius 2 is 2.17 bits per heavy atom. The molecule has 0 radical (unpaired) electrons. The number of pyridine rings is 1. The first kappa shape index (κ1) is 18.8. The molecule has 2 fully saturated rings. The molecule has 1 N–H and O–H groups in total. The molecule has 1 aliphatic carbocycles. The van der Waals surface area contributed by atoms with E-state index in [1.54, 1.807) is 16.9 Å². The summed E-state index contributed by atoms with van der Waals surface area (Å²) in [5.41, 5.74) is 1.09. The number of anilines is 1. The van der Waals surface area contributed by atoms with Crippen LogP contribution in [0.25, 0.3) is 5.65 Å². The second kappa shape index (κ2) is 7.23. The number of aromatic nitrogens is 4. The summed E-state index contributed by atoms with van der Waals surface area (Å²) in [6.07, 6.45) is 10.6. The zero-order valence-electron chi connectivity index (χ0n) is 16.7. The molecule has 8 nitrogen and oxygen atoms in total. The van der Waals surface area contributed by atoms with Gasteiger partial charge in [-0.15, -0.1) is 0 Å². The van der Waals surface area contributed by atoms with E-state index < -0.39 is 6.09 Å². The van der Waals surface area contributed by atoms with Gasteiger partial charge in [0, 0.05) is 24.5 Å². The number of nitrogens with one attached hydrogen (secondary N) is 1. The van der Waals surface area contributed by atoms with Crippen molar-refractivity contribution in [1.29, 1.82) is 0 Å². The number of ether oxygens (including phenoxy) is 1. The Morgan fingerprint density at radius 3 is 2.93 bits per heavy atom. The van der Waals surface area contributed by atoms with Crippen molar-refractivity contribution in [2.75, 3.05) is 11.4 Å². The molecule has 156 valence electrons. The van der Waals surface area contributed by atoms with Crippen molar-refractivity contribution in [3.8, 4) is 5.75 Å². The van der Waals surface area contributed by atoms with E-state index in [9.17, 15) is 9.18 Å². The number of amides is 1. The summed E-state index contributed by atoms with van der Waals surface area (Å²) in [5.74, 6) is 0.687. The third-order valence-electron chi connectivity index (χ3n) is 6.04. The zero-order valence-corrected chi connectivity index (χ0v) is 16.7. The highest BCUT2D eigenvalue weighted by Gasteiger charge is 2.34. The van der Waals surface area contributed by atoms with Crippen molar-refractivity contribution >= 4 is 17.6 Å². The fourth-order valence-corrected chi connectivity index (χ4v) is 4.27. The molecule has 4 heterocycles. The summed E-state index contributed by atoms with van der Waals surface area (Å²) < 4.78 is 20.8. The van der Waals surface area contributed by atoms with E-state index in [-0.39, 0.29) is 17.4 Å². The van der Waals surface area contributed by atoms with Gasteiger partial charge in [0.05, 0.1) is 18.4 Å². The standard InChI is InChI=1S/C21H23FN6O2/c1-21(6-3-7-21)26-20(29)30-17-13-24-28-9-5-18(25-19(17)28)27-8-2-4-16(27)14-10-15(22)12-23-11-14/h5,9-13,16H,2-4,6-8H2,1H3,(H,26,29)/t16-/m1/s1. The van der Waals surface area contributed by atoms with E-state index >= 15 is 0 Å². The Kier molecular flexibility index (Phi) is 4.52. The molecule has 3 aromatic rings. The molecule has 0 bridgehead atoms. The fraction of sp³-hybridized carbons (Fsp3) is 0.429. The lowest BCUT2D eigenvalue weighted by molar-refractivity contribution is 0.160. The van der Waals surface area contributed by atoms with Crippen molar-refractivity contribution in [2.24, 2.45) is 0 Å². The Bertz CT molecular complexity index is 1100. The van der Waals surface area contributed by atoms with Crippen LogP contribution in [-0.2, 0) is 0 Å². The molecule has 9 heteroatoms. The van der Waals surface area contributed by atoms with Crippen molar-refractivity contribution in [3.63, 3.8) is 0 Å². The first-order chi connectivity index (χ1) is 14.5. The van der Waals surface area contributed by atoms with Gasteiger partial charge in [-0.05, 0) is 56.7 Å². The van der Waals surface area contributed by atoms with E-state index in [0.717, 1.165) is 50.0 Å². The molecule has 1 aliphatic heterocycles. The first-order valence-electron chi connectivity index (χ1n) is 10.2. The van der Waals surface area contributed by atoms with Gasteiger partial charge >= 0.3 is 6.09 Å². The Hall–Kier alpha value is -3.23. The SMILES string of the molecule is CC1(NC(=O)Oc2cnn3ccc(N4CCC[C@@H]4c4cncc(F)c4)nc23)CCC1. The van der Waals surface area contributed by atoms with Gasteiger partial charge in [-0.1, -0.05) is 0 Å². The summed E-state index contributed by atoms with van der Waals surface area (Å²) in [4.78, 5) is 23.1. The summed E-state index contributed by atoms with van der Waals surface area (Å²) >= 11 is 0. The van der Waals surface area contributed by atoms with Crippen molar-refractivity contribution < 1.29 is 13.9 Å². The van der Waals surface area contributed by atoms with Gasteiger partial charge in [0.1, 0.15) is 11.6 Å². The average molecular weight is 410 g/mol. The maximum atomic E-state index is 13.7. The van der Waals surface area contributed by atoms with E-state index in [0.29, 0.717) is 11.4 Å². The number of halogens is 1. The molecule has 1 atom stereocenters. The molecular formula is C21H23FN6O2. The van der Waals surface area contributed by atoms with Crippen molar-refractivity contribution in [1.82, 2.24) is 24.9 Å². The van der Waals surface area contributed by atoms with Crippen LogP contribution in [0, 0.1) is 5.82 Å². The normalized spacial score (nSPS) is 20.2. The lowest BCUT2D eigenvalue weighted by atomic mass is 9.79. The first-order valence-corrected chi connectivity index (χ1v) is 10.2. The summed E-state index contributed by atoms with van der Waals surface area (Å²) in [6, 6.07) is 3.38. The van der Waals surface area contributed by atoms with E-state index in [2.05, 4.69) is 20.3 Å². The third kappa shape index (κ3) is 3.44. The molecule has 2 aliphatic rings. The van der Waals surface area contributed by atoms with Crippen LogP contribution in [0.1, 0.15) is 50.6 Å². The topological polar surface area (TPSA) is 84.6 Å². The lowest BCUT2D eigenvalue weighted by Gasteiger charge is -2.38. The van der Waals surface area contributed by atoms with Crippen LogP contribution in [0.5, 0.6) is 5.75 Å². The maximum absolute atomic E-state index is 13.7. The Labute approximate surface area is 173 Å². The van der Waals surface area contributed by atoms with Gasteiger partial charge in [0.15, 0.2) is 5.75 Å². The molecule has 3 aromatic heterocycles. The molecule has 1 saturated heterocycles. The second-order valence-electron chi connectivity index (χ2n) is 8.28. The Morgan fingerprint density at radius 1 is 1.30 bits per heavy atom. The van der Waals surface area contributed by atoms with Gasteiger partial charge in [-0.3, -0.25) is 4.98 Å². The number of fused-ring (bicyclic) bond motifs is 1. The zero-order chi connectivity index (χ0) is 20.7. The van der Waals surface area contributed by atoms with Crippen molar-refractivity contribution in [3.05, 3.63) is 48.3 Å². The maximum Gasteiger partial charge on any atom is 0.413 e. The van der Waals surface area contributed by atoms with Crippen LogP contribution >= 0.6 is 0 Å². The van der Waals surface area contributed by atoms with Gasteiger partial charge in [-0.25, -0.2) is 18.7 Å². The summed E-state index contributed by atoms with van der Waals surface area (Å²) in [5, 5.41) is 7.15. The quantitative estimate of drug-likeness (QED) is 0.707. The van der Waals surface area contributed by atoms with Gasteiger partial charge in [-0.2, -0.15) is 5.10 Å². The molecule has 0 aromatic carbocycles. The number of nitrogens with zero attached hydrogens (tertiary/aromatic N) is 5. The van der Waals surface area contributed by atoms with Crippen LogP contribution in [0.3, 0.4) is 0 Å². The van der Waals surface area contributed by atoms with Crippen LogP contribution in [0.2, 0.25) is 0 Å². The minimum absolute atomic E-state index is 0.00250.